The number of halogens is 3. The van der Waals surface area contributed by atoms with Gasteiger partial charge in [0.1, 0.15) is 17.2 Å². The third-order valence-corrected chi connectivity index (χ3v) is 6.11. The highest BCUT2D eigenvalue weighted by Gasteiger charge is 2.33. The van der Waals surface area contributed by atoms with Gasteiger partial charge in [0.05, 0.1) is 30.5 Å². The number of alkyl halides is 3. The summed E-state index contributed by atoms with van der Waals surface area (Å²) in [6, 6.07) is 8.80. The Bertz CT molecular complexity index is 1060. The monoisotopic (exact) mass is 458 g/mol. The summed E-state index contributed by atoms with van der Waals surface area (Å²) >= 11 is 0. The minimum absolute atomic E-state index is 0.0920. The van der Waals surface area contributed by atoms with Crippen molar-refractivity contribution in [1.82, 2.24) is 4.31 Å². The van der Waals surface area contributed by atoms with Gasteiger partial charge in [-0.2, -0.15) is 13.2 Å². The summed E-state index contributed by atoms with van der Waals surface area (Å²) in [4.78, 5) is 12.6. The van der Waals surface area contributed by atoms with Gasteiger partial charge in [-0.05, 0) is 42.8 Å². The van der Waals surface area contributed by atoms with Gasteiger partial charge in [-0.25, -0.2) is 12.7 Å². The molecule has 1 saturated heterocycles. The molecule has 2 aromatic rings. The molecule has 3 rings (SSSR count). The fourth-order valence-electron chi connectivity index (χ4n) is 3.17. The number of carbonyl (C=O) groups excluding carboxylic acids is 1. The van der Waals surface area contributed by atoms with Crippen molar-refractivity contribution in [3.63, 3.8) is 0 Å². The fourth-order valence-corrected chi connectivity index (χ4v) is 4.06. The first kappa shape index (κ1) is 22.9. The number of benzene rings is 2. The van der Waals surface area contributed by atoms with E-state index in [-0.39, 0.29) is 30.5 Å². The van der Waals surface area contributed by atoms with E-state index in [0.717, 1.165) is 18.4 Å². The molecule has 0 aliphatic carbocycles. The number of carbonyl (C=O) groups is 1. The maximum absolute atomic E-state index is 12.7. The lowest BCUT2D eigenvalue weighted by Crippen LogP contribution is -2.30. The van der Waals surface area contributed by atoms with Crippen LogP contribution >= 0.6 is 0 Å². The maximum Gasteiger partial charge on any atom is 0.416 e. The molecule has 1 amide bonds. The van der Waals surface area contributed by atoms with Gasteiger partial charge >= 0.3 is 6.18 Å². The lowest BCUT2D eigenvalue weighted by Gasteiger charge is -2.16. The number of rotatable bonds is 6. The van der Waals surface area contributed by atoms with Crippen molar-refractivity contribution in [2.24, 2.45) is 5.92 Å². The van der Waals surface area contributed by atoms with Crippen LogP contribution in [-0.4, -0.2) is 45.1 Å². The lowest BCUT2D eigenvalue weighted by molar-refractivity contribution is -0.137. The lowest BCUT2D eigenvalue weighted by atomic mass is 10.1. The van der Waals surface area contributed by atoms with Crippen molar-refractivity contribution in [3.8, 4) is 17.2 Å². The van der Waals surface area contributed by atoms with Gasteiger partial charge in [-0.15, -0.1) is 0 Å². The molecule has 0 spiro atoms. The summed E-state index contributed by atoms with van der Waals surface area (Å²) in [7, 11) is -1.95. The highest BCUT2D eigenvalue weighted by Crippen LogP contribution is 2.34. The van der Waals surface area contributed by atoms with Crippen molar-refractivity contribution in [2.75, 3.05) is 31.8 Å². The van der Waals surface area contributed by atoms with Gasteiger partial charge < -0.3 is 14.8 Å². The number of nitrogens with one attached hydrogen (secondary N) is 1. The number of methoxy groups -OCH3 is 1. The van der Waals surface area contributed by atoms with Gasteiger partial charge in [0.15, 0.2) is 0 Å². The molecule has 7 nitrogen and oxygen atoms in total. The molecule has 11 heteroatoms. The maximum atomic E-state index is 12.7. The first-order valence-corrected chi connectivity index (χ1v) is 11.1. The summed E-state index contributed by atoms with van der Waals surface area (Å²) < 4.78 is 73.5. The predicted molar refractivity (Wildman–Crippen MR) is 108 cm³/mol. The normalized spacial score (nSPS) is 17.4. The first-order valence-electron chi connectivity index (χ1n) is 9.26. The van der Waals surface area contributed by atoms with Gasteiger partial charge in [-0.1, -0.05) is 0 Å². The quantitative estimate of drug-likeness (QED) is 0.713. The standard InChI is InChI=1S/C20H21F3N2O5S/c1-29-18-8-7-16(30-15-5-3-14(4-6-15)20(21,22)23)11-17(18)24-19(26)13-9-10-25(12-13)31(2,27)28/h3-8,11,13H,9-10,12H2,1-2H3,(H,24,26). The van der Waals surface area contributed by atoms with Crippen molar-refractivity contribution < 1.29 is 35.9 Å². The molecule has 0 bridgehead atoms. The number of hydrogen-bond donors (Lipinski definition) is 1. The molecule has 0 aromatic heterocycles. The average molecular weight is 458 g/mol. The van der Waals surface area contributed by atoms with Crippen LogP contribution in [0.25, 0.3) is 0 Å². The molecule has 1 unspecified atom stereocenters. The highest BCUT2D eigenvalue weighted by atomic mass is 32.2. The predicted octanol–water partition coefficient (Wildman–Crippen LogP) is 3.73. The van der Waals surface area contributed by atoms with Crippen LogP contribution in [0.3, 0.4) is 0 Å². The Kier molecular flexibility index (Phi) is 6.46. The van der Waals surface area contributed by atoms with E-state index in [4.69, 9.17) is 9.47 Å². The van der Waals surface area contributed by atoms with E-state index in [0.29, 0.717) is 17.9 Å². The topological polar surface area (TPSA) is 84.9 Å². The Morgan fingerprint density at radius 2 is 1.77 bits per heavy atom. The average Bonchev–Trinajstić information content (AvgIpc) is 3.19. The molecule has 31 heavy (non-hydrogen) atoms. The molecule has 0 radical (unpaired) electrons. The van der Waals surface area contributed by atoms with Crippen LogP contribution in [0, 0.1) is 5.92 Å². The Morgan fingerprint density at radius 3 is 2.32 bits per heavy atom. The number of hydrogen-bond acceptors (Lipinski definition) is 5. The van der Waals surface area contributed by atoms with E-state index in [9.17, 15) is 26.4 Å². The second-order valence-electron chi connectivity index (χ2n) is 7.08. The largest absolute Gasteiger partial charge is 0.495 e. The Morgan fingerprint density at radius 1 is 1.13 bits per heavy atom. The summed E-state index contributed by atoms with van der Waals surface area (Å²) in [5.74, 6) is -0.0591. The number of nitrogens with zero attached hydrogens (tertiary/aromatic N) is 1. The van der Waals surface area contributed by atoms with Crippen LogP contribution in [0.1, 0.15) is 12.0 Å². The van der Waals surface area contributed by atoms with Crippen molar-refractivity contribution >= 4 is 21.6 Å². The van der Waals surface area contributed by atoms with Gasteiger partial charge in [0, 0.05) is 19.2 Å². The second kappa shape index (κ2) is 8.75. The molecular formula is C20H21F3N2O5S. The van der Waals surface area contributed by atoms with Gasteiger partial charge in [0.2, 0.25) is 15.9 Å². The van der Waals surface area contributed by atoms with Crippen molar-refractivity contribution in [3.05, 3.63) is 48.0 Å². The zero-order chi connectivity index (χ0) is 22.8. The van der Waals surface area contributed by atoms with E-state index in [1.165, 1.54) is 29.6 Å². The molecule has 1 heterocycles. The van der Waals surface area contributed by atoms with Gasteiger partial charge in [0.25, 0.3) is 0 Å². The molecular weight excluding hydrogens is 437 g/mol. The molecule has 2 aromatic carbocycles. The van der Waals surface area contributed by atoms with Crippen molar-refractivity contribution in [2.45, 2.75) is 12.6 Å². The summed E-state index contributed by atoms with van der Waals surface area (Å²) in [5, 5.41) is 2.72. The van der Waals surface area contributed by atoms with Crippen LogP contribution < -0.4 is 14.8 Å². The van der Waals surface area contributed by atoms with Gasteiger partial charge in [-0.3, -0.25) is 4.79 Å². The molecule has 1 N–H and O–H groups in total. The van der Waals surface area contributed by atoms with E-state index in [1.54, 1.807) is 12.1 Å². The molecule has 168 valence electrons. The smallest absolute Gasteiger partial charge is 0.416 e. The van der Waals surface area contributed by atoms with E-state index >= 15 is 0 Å². The fraction of sp³-hybridized carbons (Fsp3) is 0.350. The van der Waals surface area contributed by atoms with Crippen LogP contribution in [0.4, 0.5) is 18.9 Å². The van der Waals surface area contributed by atoms with Crippen LogP contribution in [0.2, 0.25) is 0 Å². The van der Waals surface area contributed by atoms with Crippen molar-refractivity contribution in [1.29, 1.82) is 0 Å². The Labute approximate surface area is 177 Å². The van der Waals surface area contributed by atoms with E-state index in [2.05, 4.69) is 5.32 Å². The number of amides is 1. The minimum Gasteiger partial charge on any atom is -0.495 e. The molecule has 1 aliphatic rings. The number of sulfonamides is 1. The SMILES string of the molecule is COc1ccc(Oc2ccc(C(F)(F)F)cc2)cc1NC(=O)C1CCN(S(C)(=O)=O)C1. The number of ether oxygens (including phenoxy) is 2. The summed E-state index contributed by atoms with van der Waals surface area (Å²) in [6.45, 7) is 0.361. The zero-order valence-corrected chi connectivity index (χ0v) is 17.6. The molecule has 1 atom stereocenters. The third-order valence-electron chi connectivity index (χ3n) is 4.84. The molecule has 0 saturated carbocycles. The summed E-state index contributed by atoms with van der Waals surface area (Å²) in [5.41, 5.74) is -0.489. The van der Waals surface area contributed by atoms with Crippen LogP contribution in [-0.2, 0) is 21.0 Å². The molecule has 1 aliphatic heterocycles. The zero-order valence-electron chi connectivity index (χ0n) is 16.8. The van der Waals surface area contributed by atoms with E-state index in [1.807, 2.05) is 0 Å². The Balaban J connectivity index is 1.73. The third kappa shape index (κ3) is 5.67. The highest BCUT2D eigenvalue weighted by molar-refractivity contribution is 7.88. The second-order valence-corrected chi connectivity index (χ2v) is 9.06. The van der Waals surface area contributed by atoms with Crippen LogP contribution in [0.5, 0.6) is 17.2 Å². The minimum atomic E-state index is -4.44. The molecule has 1 fully saturated rings. The number of anilines is 1. The first-order chi connectivity index (χ1) is 14.5. The summed E-state index contributed by atoms with van der Waals surface area (Å²) in [6.07, 6.45) is -2.95. The van der Waals surface area contributed by atoms with Crippen LogP contribution in [0.15, 0.2) is 42.5 Å². The van der Waals surface area contributed by atoms with E-state index < -0.39 is 27.7 Å². The Hall–Kier alpha value is -2.79.